The summed E-state index contributed by atoms with van der Waals surface area (Å²) in [4.78, 5) is 0. The van der Waals surface area contributed by atoms with Crippen molar-refractivity contribution in [1.29, 1.82) is 0 Å². The van der Waals surface area contributed by atoms with E-state index in [0.717, 1.165) is 24.2 Å². The van der Waals surface area contributed by atoms with Crippen LogP contribution in [0.2, 0.25) is 0 Å². The Bertz CT molecular complexity index is 433. The van der Waals surface area contributed by atoms with E-state index in [0.29, 0.717) is 5.25 Å². The number of hydrogen-bond donors (Lipinski definition) is 1. The van der Waals surface area contributed by atoms with E-state index in [9.17, 15) is 9.32 Å². The molecule has 1 aliphatic rings. The van der Waals surface area contributed by atoms with Gasteiger partial charge in [-0.1, -0.05) is 44.2 Å². The maximum Gasteiger partial charge on any atom is 0.100 e. The van der Waals surface area contributed by atoms with Crippen molar-refractivity contribution in [2.24, 2.45) is 0 Å². The molecule has 1 fully saturated rings. The molecule has 4 heteroatoms. The predicted octanol–water partition coefficient (Wildman–Crippen LogP) is 3.14. The summed E-state index contributed by atoms with van der Waals surface area (Å²) in [6.07, 6.45) is 1.93. The van der Waals surface area contributed by atoms with Crippen LogP contribution in [0, 0.1) is 0 Å². The molecule has 0 aliphatic carbocycles. The van der Waals surface area contributed by atoms with Gasteiger partial charge in [-0.2, -0.15) is 0 Å². The molecule has 0 aromatic heterocycles. The molecule has 19 heavy (non-hydrogen) atoms. The van der Waals surface area contributed by atoms with E-state index in [1.807, 2.05) is 30.3 Å². The maximum atomic E-state index is 12.6. The van der Waals surface area contributed by atoms with E-state index in [4.69, 9.17) is 0 Å². The highest BCUT2D eigenvalue weighted by atomic mass is 32.2. The molecular formula is C15H22O2S2. The van der Waals surface area contributed by atoms with Crippen molar-refractivity contribution in [3.63, 3.8) is 0 Å². The van der Waals surface area contributed by atoms with Gasteiger partial charge in [0.2, 0.25) is 0 Å². The molecule has 1 aromatic carbocycles. The topological polar surface area (TPSA) is 37.3 Å². The monoisotopic (exact) mass is 298 g/mol. The smallest absolute Gasteiger partial charge is 0.100 e. The standard InChI is InChI=1S/C15H22O2S2/c1-12(2)18-15(9-6-10-19(15)17)14(11-16)13-7-4-3-5-8-13/h3-5,7-8,12,14,16H,6,9-11H2,1-2H3/t14?,15-,19-/m1/s1. The largest absolute Gasteiger partial charge is 0.396 e. The third-order valence-corrected chi connectivity index (χ3v) is 7.72. The van der Waals surface area contributed by atoms with Crippen LogP contribution in [0.15, 0.2) is 30.3 Å². The molecule has 1 heterocycles. The zero-order chi connectivity index (χ0) is 13.9. The van der Waals surface area contributed by atoms with Gasteiger partial charge in [0.15, 0.2) is 0 Å². The van der Waals surface area contributed by atoms with Gasteiger partial charge in [-0.25, -0.2) is 0 Å². The summed E-state index contributed by atoms with van der Waals surface area (Å²) < 4.78 is 12.3. The van der Waals surface area contributed by atoms with Gasteiger partial charge in [0, 0.05) is 27.7 Å². The van der Waals surface area contributed by atoms with Crippen molar-refractivity contribution < 1.29 is 9.32 Å². The molecule has 2 rings (SSSR count). The summed E-state index contributed by atoms with van der Waals surface area (Å²) in [5, 5.41) is 10.3. The number of hydrogen-bond acceptors (Lipinski definition) is 3. The second-order valence-electron chi connectivity index (χ2n) is 5.28. The molecule has 0 bridgehead atoms. The Morgan fingerprint density at radius 3 is 2.53 bits per heavy atom. The highest BCUT2D eigenvalue weighted by molar-refractivity contribution is 8.13. The lowest BCUT2D eigenvalue weighted by Crippen LogP contribution is -2.37. The Kier molecular flexibility index (Phi) is 5.09. The molecule has 3 atom stereocenters. The van der Waals surface area contributed by atoms with Crippen LogP contribution in [-0.4, -0.2) is 31.0 Å². The third kappa shape index (κ3) is 3.06. The fraction of sp³-hybridized carbons (Fsp3) is 0.600. The summed E-state index contributed by atoms with van der Waals surface area (Å²) in [6.45, 7) is 4.35. The van der Waals surface area contributed by atoms with Gasteiger partial charge >= 0.3 is 0 Å². The zero-order valence-corrected chi connectivity index (χ0v) is 13.2. The molecule has 1 N–H and O–H groups in total. The summed E-state index contributed by atoms with van der Waals surface area (Å²) in [5.74, 6) is 0.729. The summed E-state index contributed by atoms with van der Waals surface area (Å²) in [7, 11) is -0.867. The molecule has 0 spiro atoms. The first kappa shape index (κ1) is 15.1. The van der Waals surface area contributed by atoms with E-state index in [1.54, 1.807) is 11.8 Å². The molecule has 0 saturated carbocycles. The van der Waals surface area contributed by atoms with Crippen molar-refractivity contribution in [3.8, 4) is 0 Å². The molecule has 1 aliphatic heterocycles. The van der Waals surface area contributed by atoms with Gasteiger partial charge < -0.3 is 5.11 Å². The lowest BCUT2D eigenvalue weighted by Gasteiger charge is -2.36. The maximum absolute atomic E-state index is 12.6. The number of benzene rings is 1. The van der Waals surface area contributed by atoms with Crippen molar-refractivity contribution in [1.82, 2.24) is 0 Å². The van der Waals surface area contributed by atoms with Crippen LogP contribution in [0.25, 0.3) is 0 Å². The van der Waals surface area contributed by atoms with Gasteiger partial charge in [-0.3, -0.25) is 4.21 Å². The predicted molar refractivity (Wildman–Crippen MR) is 84.0 cm³/mol. The summed E-state index contributed by atoms with van der Waals surface area (Å²) in [5.41, 5.74) is 1.11. The van der Waals surface area contributed by atoms with Crippen LogP contribution in [0.4, 0.5) is 0 Å². The number of aliphatic hydroxyl groups excluding tert-OH is 1. The van der Waals surface area contributed by atoms with Gasteiger partial charge in [0.25, 0.3) is 0 Å². The molecule has 1 saturated heterocycles. The number of rotatable bonds is 5. The fourth-order valence-corrected chi connectivity index (χ4v) is 7.19. The van der Waals surface area contributed by atoms with Crippen LogP contribution < -0.4 is 0 Å². The Labute approximate surface area is 122 Å². The minimum Gasteiger partial charge on any atom is -0.396 e. The van der Waals surface area contributed by atoms with Crippen LogP contribution in [0.5, 0.6) is 0 Å². The van der Waals surface area contributed by atoms with E-state index < -0.39 is 10.8 Å². The summed E-state index contributed by atoms with van der Waals surface area (Å²) >= 11 is 1.78. The molecule has 0 amide bonds. The normalized spacial score (nSPS) is 28.7. The molecule has 0 radical (unpaired) electrons. The van der Waals surface area contributed by atoms with E-state index >= 15 is 0 Å². The lowest BCUT2D eigenvalue weighted by molar-refractivity contribution is 0.255. The molecule has 1 unspecified atom stereocenters. The van der Waals surface area contributed by atoms with Crippen molar-refractivity contribution in [3.05, 3.63) is 35.9 Å². The summed E-state index contributed by atoms with van der Waals surface area (Å²) in [6, 6.07) is 10.0. The van der Waals surface area contributed by atoms with Gasteiger partial charge in [0.1, 0.15) is 4.08 Å². The Hall–Kier alpha value is -0.320. The highest BCUT2D eigenvalue weighted by Crippen LogP contribution is 2.50. The Morgan fingerprint density at radius 1 is 1.37 bits per heavy atom. The first-order valence-electron chi connectivity index (χ1n) is 6.82. The van der Waals surface area contributed by atoms with Gasteiger partial charge in [-0.05, 0) is 18.4 Å². The molecule has 1 aromatic rings. The molecule has 106 valence electrons. The lowest BCUT2D eigenvalue weighted by atomic mass is 9.93. The average molecular weight is 298 g/mol. The second kappa shape index (κ2) is 6.42. The fourth-order valence-electron chi connectivity index (χ4n) is 2.85. The van der Waals surface area contributed by atoms with Crippen molar-refractivity contribution in [2.75, 3.05) is 12.4 Å². The number of aliphatic hydroxyl groups is 1. The van der Waals surface area contributed by atoms with Crippen LogP contribution in [0.3, 0.4) is 0 Å². The van der Waals surface area contributed by atoms with E-state index in [1.165, 1.54) is 0 Å². The highest BCUT2D eigenvalue weighted by Gasteiger charge is 2.48. The zero-order valence-electron chi connectivity index (χ0n) is 11.5. The first-order valence-corrected chi connectivity index (χ1v) is 9.02. The molecular weight excluding hydrogens is 276 g/mol. The second-order valence-corrected chi connectivity index (χ2v) is 9.27. The SMILES string of the molecule is CC(C)S[C@]1(C(CO)c2ccccc2)CCC[S@]1=O. The van der Waals surface area contributed by atoms with Crippen LogP contribution >= 0.6 is 11.8 Å². The van der Waals surface area contributed by atoms with Gasteiger partial charge in [-0.15, -0.1) is 11.8 Å². The average Bonchev–Trinajstić information content (AvgIpc) is 2.73. The van der Waals surface area contributed by atoms with Crippen molar-refractivity contribution in [2.45, 2.75) is 41.9 Å². The quantitative estimate of drug-likeness (QED) is 0.907. The van der Waals surface area contributed by atoms with Crippen LogP contribution in [0.1, 0.15) is 38.2 Å². The molecule has 2 nitrogen and oxygen atoms in total. The minimum absolute atomic E-state index is 0.0376. The van der Waals surface area contributed by atoms with Crippen LogP contribution in [-0.2, 0) is 10.8 Å². The minimum atomic E-state index is -0.867. The van der Waals surface area contributed by atoms with Crippen molar-refractivity contribution >= 4 is 22.6 Å². The van der Waals surface area contributed by atoms with Gasteiger partial charge in [0.05, 0.1) is 6.61 Å². The first-order chi connectivity index (χ1) is 9.10. The third-order valence-electron chi connectivity index (χ3n) is 3.59. The Balaban J connectivity index is 2.39. The van der Waals surface area contributed by atoms with E-state index in [-0.39, 0.29) is 16.6 Å². The number of thioether (sulfide) groups is 1. The van der Waals surface area contributed by atoms with E-state index in [2.05, 4.69) is 13.8 Å². The Morgan fingerprint density at radius 2 is 2.05 bits per heavy atom.